The van der Waals surface area contributed by atoms with Gasteiger partial charge in [0.2, 0.25) is 0 Å². The van der Waals surface area contributed by atoms with Gasteiger partial charge in [-0.05, 0) is 50.8 Å². The van der Waals surface area contributed by atoms with Gasteiger partial charge in [0.1, 0.15) is 17.5 Å². The van der Waals surface area contributed by atoms with E-state index >= 15 is 0 Å². The summed E-state index contributed by atoms with van der Waals surface area (Å²) in [4.78, 5) is 11.8. The van der Waals surface area contributed by atoms with Gasteiger partial charge >= 0.3 is 5.97 Å². The maximum atomic E-state index is 12.8. The van der Waals surface area contributed by atoms with E-state index in [9.17, 15) is 9.18 Å². The summed E-state index contributed by atoms with van der Waals surface area (Å²) in [6, 6.07) is 5.59. The Labute approximate surface area is 126 Å². The first kappa shape index (κ1) is 17.4. The van der Waals surface area contributed by atoms with Gasteiger partial charge in [-0.2, -0.15) is 0 Å². The van der Waals surface area contributed by atoms with Gasteiger partial charge in [0.05, 0.1) is 0 Å². The number of halogens is 1. The Hall–Kier alpha value is -1.68. The van der Waals surface area contributed by atoms with Crippen molar-refractivity contribution in [3.63, 3.8) is 0 Å². The second-order valence-electron chi connectivity index (χ2n) is 6.26. The molecule has 2 atom stereocenters. The zero-order chi connectivity index (χ0) is 16.0. The fraction of sp³-hybridized carbons (Fsp3) is 0.471. The van der Waals surface area contributed by atoms with E-state index in [1.165, 1.54) is 12.1 Å². The van der Waals surface area contributed by atoms with Crippen molar-refractivity contribution in [2.45, 2.75) is 45.8 Å². The molecule has 0 bridgehead atoms. The molecule has 116 valence electrons. The van der Waals surface area contributed by atoms with E-state index in [-0.39, 0.29) is 17.7 Å². The summed E-state index contributed by atoms with van der Waals surface area (Å²) in [7, 11) is 0. The van der Waals surface area contributed by atoms with E-state index in [0.717, 1.165) is 5.56 Å². The molecule has 0 aromatic heterocycles. The number of hydrogen-bond acceptors (Lipinski definition) is 3. The second kappa shape index (κ2) is 7.36. The molecular formula is C17H24FNO2. The molecule has 1 aromatic rings. The number of esters is 1. The van der Waals surface area contributed by atoms with Crippen molar-refractivity contribution in [1.29, 1.82) is 0 Å². The predicted octanol–water partition coefficient (Wildman–Crippen LogP) is 3.53. The van der Waals surface area contributed by atoms with Crippen LogP contribution in [0, 0.1) is 11.7 Å². The summed E-state index contributed by atoms with van der Waals surface area (Å²) >= 11 is 0. The van der Waals surface area contributed by atoms with Gasteiger partial charge in [-0.1, -0.05) is 31.2 Å². The number of rotatable bonds is 5. The van der Waals surface area contributed by atoms with Crippen LogP contribution in [0.2, 0.25) is 0 Å². The van der Waals surface area contributed by atoms with Crippen molar-refractivity contribution in [2.75, 3.05) is 0 Å². The van der Waals surface area contributed by atoms with Gasteiger partial charge in [-0.25, -0.2) is 4.39 Å². The van der Waals surface area contributed by atoms with Crippen molar-refractivity contribution >= 4 is 12.0 Å². The predicted molar refractivity (Wildman–Crippen MR) is 83.0 cm³/mol. The number of carbonyl (C=O) groups is 1. The van der Waals surface area contributed by atoms with E-state index < -0.39 is 11.6 Å². The standard InChI is InChI=1S/C17H24FNO2/c1-12(5-6-13-7-9-14(18)10-8-13)11-15(19)16(20)21-17(2,3)4/h5-10,12,15H,11,19H2,1-4H3. The van der Waals surface area contributed by atoms with Crippen LogP contribution in [-0.4, -0.2) is 17.6 Å². The minimum absolute atomic E-state index is 0.123. The third-order valence-corrected chi connectivity index (χ3v) is 2.82. The van der Waals surface area contributed by atoms with Crippen LogP contribution in [0.1, 0.15) is 39.7 Å². The minimum Gasteiger partial charge on any atom is -0.459 e. The Bertz CT molecular complexity index is 489. The second-order valence-corrected chi connectivity index (χ2v) is 6.26. The van der Waals surface area contributed by atoms with Crippen molar-refractivity contribution in [3.05, 3.63) is 41.7 Å². The van der Waals surface area contributed by atoms with E-state index in [0.29, 0.717) is 6.42 Å². The van der Waals surface area contributed by atoms with Gasteiger partial charge in [-0.3, -0.25) is 4.79 Å². The zero-order valence-electron chi connectivity index (χ0n) is 13.1. The van der Waals surface area contributed by atoms with E-state index in [1.807, 2.05) is 39.8 Å². The lowest BCUT2D eigenvalue weighted by molar-refractivity contribution is -0.156. The normalized spacial score (nSPS) is 15.0. The maximum absolute atomic E-state index is 12.8. The Morgan fingerprint density at radius 2 is 1.90 bits per heavy atom. The lowest BCUT2D eigenvalue weighted by atomic mass is 10.0. The fourth-order valence-corrected chi connectivity index (χ4v) is 1.80. The molecule has 0 fully saturated rings. The third-order valence-electron chi connectivity index (χ3n) is 2.82. The highest BCUT2D eigenvalue weighted by Gasteiger charge is 2.22. The maximum Gasteiger partial charge on any atom is 0.323 e. The molecule has 3 nitrogen and oxygen atoms in total. The molecule has 0 heterocycles. The van der Waals surface area contributed by atoms with Gasteiger partial charge in [0.25, 0.3) is 0 Å². The van der Waals surface area contributed by atoms with E-state index in [4.69, 9.17) is 10.5 Å². The van der Waals surface area contributed by atoms with Gasteiger partial charge in [0, 0.05) is 0 Å². The first-order valence-corrected chi connectivity index (χ1v) is 7.09. The highest BCUT2D eigenvalue weighted by molar-refractivity contribution is 5.75. The van der Waals surface area contributed by atoms with Crippen LogP contribution in [0.5, 0.6) is 0 Å². The zero-order valence-corrected chi connectivity index (χ0v) is 13.1. The van der Waals surface area contributed by atoms with Crippen molar-refractivity contribution in [2.24, 2.45) is 11.7 Å². The van der Waals surface area contributed by atoms with E-state index in [1.54, 1.807) is 12.1 Å². The molecule has 1 rings (SSSR count). The monoisotopic (exact) mass is 293 g/mol. The quantitative estimate of drug-likeness (QED) is 0.845. The van der Waals surface area contributed by atoms with Crippen LogP contribution in [0.3, 0.4) is 0 Å². The van der Waals surface area contributed by atoms with Crippen LogP contribution >= 0.6 is 0 Å². The first-order valence-electron chi connectivity index (χ1n) is 7.09. The van der Waals surface area contributed by atoms with Gasteiger partial charge < -0.3 is 10.5 Å². The number of ether oxygens (including phenoxy) is 1. The van der Waals surface area contributed by atoms with Crippen molar-refractivity contribution < 1.29 is 13.9 Å². The number of nitrogens with two attached hydrogens (primary N) is 1. The average molecular weight is 293 g/mol. The summed E-state index contributed by atoms with van der Waals surface area (Å²) in [5, 5.41) is 0. The Kier molecular flexibility index (Phi) is 6.09. The van der Waals surface area contributed by atoms with Crippen LogP contribution in [0.25, 0.3) is 6.08 Å². The van der Waals surface area contributed by atoms with Crippen LogP contribution in [0.15, 0.2) is 30.3 Å². The Morgan fingerprint density at radius 1 is 1.33 bits per heavy atom. The molecule has 0 aliphatic heterocycles. The van der Waals surface area contributed by atoms with Crippen LogP contribution in [-0.2, 0) is 9.53 Å². The molecule has 21 heavy (non-hydrogen) atoms. The molecule has 1 aromatic carbocycles. The Balaban J connectivity index is 2.51. The molecule has 0 radical (unpaired) electrons. The summed E-state index contributed by atoms with van der Waals surface area (Å²) in [6.07, 6.45) is 4.36. The topological polar surface area (TPSA) is 52.3 Å². The number of benzene rings is 1. The van der Waals surface area contributed by atoms with Crippen molar-refractivity contribution in [1.82, 2.24) is 0 Å². The largest absolute Gasteiger partial charge is 0.459 e. The molecule has 0 amide bonds. The molecule has 0 spiro atoms. The van der Waals surface area contributed by atoms with Crippen molar-refractivity contribution in [3.8, 4) is 0 Å². The summed E-state index contributed by atoms with van der Waals surface area (Å²) in [6.45, 7) is 7.42. The summed E-state index contributed by atoms with van der Waals surface area (Å²) in [5.74, 6) is -0.519. The van der Waals surface area contributed by atoms with Gasteiger partial charge in [-0.15, -0.1) is 0 Å². The summed E-state index contributed by atoms with van der Waals surface area (Å²) < 4.78 is 18.0. The molecule has 0 aliphatic carbocycles. The molecule has 0 saturated heterocycles. The van der Waals surface area contributed by atoms with Crippen LogP contribution in [0.4, 0.5) is 4.39 Å². The SMILES string of the molecule is CC(C=Cc1ccc(F)cc1)CC(N)C(=O)OC(C)(C)C. The minimum atomic E-state index is -0.642. The molecule has 2 unspecified atom stereocenters. The highest BCUT2D eigenvalue weighted by atomic mass is 19.1. The highest BCUT2D eigenvalue weighted by Crippen LogP contribution is 2.14. The molecule has 0 aliphatic rings. The lowest BCUT2D eigenvalue weighted by Crippen LogP contribution is -2.38. The van der Waals surface area contributed by atoms with Crippen LogP contribution < -0.4 is 5.73 Å². The first-order chi connectivity index (χ1) is 9.67. The third kappa shape index (κ3) is 7.04. The van der Waals surface area contributed by atoms with Gasteiger partial charge in [0.15, 0.2) is 0 Å². The number of hydrogen-bond donors (Lipinski definition) is 1. The number of allylic oxidation sites excluding steroid dienone is 1. The fourth-order valence-electron chi connectivity index (χ4n) is 1.80. The summed E-state index contributed by atoms with van der Waals surface area (Å²) in [5.41, 5.74) is 6.24. The molecule has 0 saturated carbocycles. The molecule has 2 N–H and O–H groups in total. The lowest BCUT2D eigenvalue weighted by Gasteiger charge is -2.22. The molecular weight excluding hydrogens is 269 g/mol. The number of carbonyl (C=O) groups excluding carboxylic acids is 1. The Morgan fingerprint density at radius 3 is 2.43 bits per heavy atom. The smallest absolute Gasteiger partial charge is 0.323 e. The molecule has 4 heteroatoms. The average Bonchev–Trinajstić information content (AvgIpc) is 2.36. The van der Waals surface area contributed by atoms with E-state index in [2.05, 4.69) is 0 Å².